The van der Waals surface area contributed by atoms with Crippen LogP contribution in [0.3, 0.4) is 0 Å². The van der Waals surface area contributed by atoms with Gasteiger partial charge in [0.15, 0.2) is 5.13 Å². The lowest BCUT2D eigenvalue weighted by molar-refractivity contribution is 0.268. The summed E-state index contributed by atoms with van der Waals surface area (Å²) < 4.78 is 1.06. The van der Waals surface area contributed by atoms with Gasteiger partial charge >= 0.3 is 0 Å². The molecule has 5 heteroatoms. The minimum atomic E-state index is 0.0916. The molecule has 0 bridgehead atoms. The zero-order chi connectivity index (χ0) is 13.7. The summed E-state index contributed by atoms with van der Waals surface area (Å²) >= 11 is 5.00. The Morgan fingerprint density at radius 1 is 1.37 bits per heavy atom. The fourth-order valence-electron chi connectivity index (χ4n) is 1.83. The molecule has 0 fully saturated rings. The highest BCUT2D eigenvalue weighted by molar-refractivity contribution is 9.10. The number of aliphatic hydroxyl groups is 1. The highest BCUT2D eigenvalue weighted by atomic mass is 79.9. The van der Waals surface area contributed by atoms with Crippen LogP contribution in [0.25, 0.3) is 11.3 Å². The first kappa shape index (κ1) is 14.5. The van der Waals surface area contributed by atoms with Crippen LogP contribution in [-0.2, 0) is 0 Å². The van der Waals surface area contributed by atoms with Gasteiger partial charge < -0.3 is 10.4 Å². The van der Waals surface area contributed by atoms with Gasteiger partial charge in [0.25, 0.3) is 0 Å². The molecule has 0 saturated carbocycles. The molecule has 1 aromatic heterocycles. The molecule has 2 aromatic rings. The second-order valence-electron chi connectivity index (χ2n) is 4.36. The number of aliphatic hydroxyl groups excluding tert-OH is 1. The van der Waals surface area contributed by atoms with Gasteiger partial charge in [-0.2, -0.15) is 0 Å². The smallest absolute Gasteiger partial charge is 0.183 e. The SMILES string of the molecule is CCC[C@H](CO)Nc1nc(-c2ccc(Br)cc2)cs1. The summed E-state index contributed by atoms with van der Waals surface area (Å²) in [5, 5.41) is 15.5. The van der Waals surface area contributed by atoms with Crippen molar-refractivity contribution in [2.45, 2.75) is 25.8 Å². The summed E-state index contributed by atoms with van der Waals surface area (Å²) in [5.74, 6) is 0. The van der Waals surface area contributed by atoms with Gasteiger partial charge in [0.2, 0.25) is 0 Å². The van der Waals surface area contributed by atoms with E-state index in [9.17, 15) is 5.11 Å². The molecule has 0 spiro atoms. The van der Waals surface area contributed by atoms with E-state index in [1.54, 1.807) is 11.3 Å². The minimum absolute atomic E-state index is 0.0916. The van der Waals surface area contributed by atoms with Gasteiger partial charge in [-0.1, -0.05) is 41.4 Å². The third kappa shape index (κ3) is 4.03. The Labute approximate surface area is 125 Å². The molecular formula is C14H17BrN2OS. The lowest BCUT2D eigenvalue weighted by Gasteiger charge is -2.13. The second kappa shape index (κ2) is 7.03. The van der Waals surface area contributed by atoms with E-state index < -0.39 is 0 Å². The number of halogens is 1. The lowest BCUT2D eigenvalue weighted by atomic mass is 10.2. The Morgan fingerprint density at radius 2 is 2.11 bits per heavy atom. The van der Waals surface area contributed by atoms with Gasteiger partial charge in [-0.25, -0.2) is 4.98 Å². The number of thiazole rings is 1. The second-order valence-corrected chi connectivity index (χ2v) is 6.13. The highest BCUT2D eigenvalue weighted by Gasteiger charge is 2.09. The van der Waals surface area contributed by atoms with Gasteiger partial charge in [0.1, 0.15) is 0 Å². The zero-order valence-electron chi connectivity index (χ0n) is 10.8. The molecule has 0 radical (unpaired) electrons. The highest BCUT2D eigenvalue weighted by Crippen LogP contribution is 2.26. The Balaban J connectivity index is 2.08. The molecule has 0 aliphatic carbocycles. The van der Waals surface area contributed by atoms with Crippen molar-refractivity contribution in [3.8, 4) is 11.3 Å². The number of hydrogen-bond acceptors (Lipinski definition) is 4. The van der Waals surface area contributed by atoms with Gasteiger partial charge in [0.05, 0.1) is 18.3 Å². The lowest BCUT2D eigenvalue weighted by Crippen LogP contribution is -2.23. The van der Waals surface area contributed by atoms with Crippen LogP contribution in [0.1, 0.15) is 19.8 Å². The summed E-state index contributed by atoms with van der Waals surface area (Å²) in [7, 11) is 0. The Bertz CT molecular complexity index is 512. The summed E-state index contributed by atoms with van der Waals surface area (Å²) in [6, 6.07) is 8.19. The number of anilines is 1. The maximum absolute atomic E-state index is 9.28. The number of rotatable bonds is 6. The molecule has 0 aliphatic rings. The quantitative estimate of drug-likeness (QED) is 0.830. The van der Waals surface area contributed by atoms with Gasteiger partial charge in [-0.15, -0.1) is 11.3 Å². The number of nitrogens with zero attached hydrogens (tertiary/aromatic N) is 1. The van der Waals surface area contributed by atoms with E-state index in [-0.39, 0.29) is 12.6 Å². The predicted octanol–water partition coefficient (Wildman–Crippen LogP) is 4.15. The molecule has 2 N–H and O–H groups in total. The van der Waals surface area contributed by atoms with Crippen LogP contribution in [0.4, 0.5) is 5.13 Å². The van der Waals surface area contributed by atoms with E-state index in [1.165, 1.54) is 0 Å². The zero-order valence-corrected chi connectivity index (χ0v) is 13.2. The largest absolute Gasteiger partial charge is 0.394 e. The molecule has 0 amide bonds. The van der Waals surface area contributed by atoms with E-state index in [0.29, 0.717) is 0 Å². The monoisotopic (exact) mass is 340 g/mol. The summed E-state index contributed by atoms with van der Waals surface area (Å²) in [4.78, 5) is 4.56. The van der Waals surface area contributed by atoms with Gasteiger partial charge in [-0.3, -0.25) is 0 Å². The average Bonchev–Trinajstić information content (AvgIpc) is 2.87. The Hall–Kier alpha value is -0.910. The van der Waals surface area contributed by atoms with Crippen molar-refractivity contribution in [1.82, 2.24) is 4.98 Å². The first-order valence-electron chi connectivity index (χ1n) is 6.31. The van der Waals surface area contributed by atoms with Crippen LogP contribution in [0.5, 0.6) is 0 Å². The summed E-state index contributed by atoms with van der Waals surface area (Å²) in [6.45, 7) is 2.25. The number of benzene rings is 1. The molecular weight excluding hydrogens is 324 g/mol. The third-order valence-corrected chi connectivity index (χ3v) is 4.13. The standard InChI is InChI=1S/C14H17BrN2OS/c1-2-3-12(8-18)16-14-17-13(9-19-14)10-4-6-11(15)7-5-10/h4-7,9,12,18H,2-3,8H2,1H3,(H,16,17)/t12-/m1/s1. The number of aromatic nitrogens is 1. The molecule has 1 heterocycles. The molecule has 19 heavy (non-hydrogen) atoms. The predicted molar refractivity (Wildman–Crippen MR) is 84.7 cm³/mol. The van der Waals surface area contributed by atoms with Crippen molar-refractivity contribution in [2.24, 2.45) is 0 Å². The maximum Gasteiger partial charge on any atom is 0.183 e. The van der Waals surface area contributed by atoms with Crippen LogP contribution in [0.15, 0.2) is 34.1 Å². The number of nitrogens with one attached hydrogen (secondary N) is 1. The van der Waals surface area contributed by atoms with Crippen molar-refractivity contribution in [2.75, 3.05) is 11.9 Å². The van der Waals surface area contributed by atoms with Crippen molar-refractivity contribution in [1.29, 1.82) is 0 Å². The molecule has 0 unspecified atom stereocenters. The van der Waals surface area contributed by atoms with Gasteiger partial charge in [-0.05, 0) is 18.6 Å². The van der Waals surface area contributed by atoms with Gasteiger partial charge in [0, 0.05) is 15.4 Å². The average molecular weight is 341 g/mol. The maximum atomic E-state index is 9.28. The summed E-state index contributed by atoms with van der Waals surface area (Å²) in [5.41, 5.74) is 2.07. The van der Waals surface area contributed by atoms with E-state index >= 15 is 0 Å². The van der Waals surface area contributed by atoms with E-state index in [0.717, 1.165) is 33.7 Å². The van der Waals surface area contributed by atoms with Crippen LogP contribution < -0.4 is 5.32 Å². The molecule has 0 aliphatic heterocycles. The molecule has 0 saturated heterocycles. The van der Waals surface area contributed by atoms with Crippen molar-refractivity contribution < 1.29 is 5.11 Å². The van der Waals surface area contributed by atoms with Crippen LogP contribution in [0.2, 0.25) is 0 Å². The fourth-order valence-corrected chi connectivity index (χ4v) is 2.89. The molecule has 3 nitrogen and oxygen atoms in total. The molecule has 1 atom stereocenters. The van der Waals surface area contributed by atoms with E-state index in [4.69, 9.17) is 0 Å². The van der Waals surface area contributed by atoms with Crippen molar-refractivity contribution in [3.63, 3.8) is 0 Å². The van der Waals surface area contributed by atoms with Crippen LogP contribution in [-0.4, -0.2) is 22.7 Å². The Morgan fingerprint density at radius 3 is 2.74 bits per heavy atom. The Kier molecular flexibility index (Phi) is 5.36. The van der Waals surface area contributed by atoms with E-state index in [2.05, 4.69) is 33.2 Å². The van der Waals surface area contributed by atoms with Crippen LogP contribution in [0, 0.1) is 0 Å². The first-order valence-corrected chi connectivity index (χ1v) is 7.99. The third-order valence-electron chi connectivity index (χ3n) is 2.83. The first-order chi connectivity index (χ1) is 9.22. The summed E-state index contributed by atoms with van der Waals surface area (Å²) in [6.07, 6.45) is 1.99. The normalized spacial score (nSPS) is 12.4. The molecule has 102 valence electrons. The fraction of sp³-hybridized carbons (Fsp3) is 0.357. The number of hydrogen-bond donors (Lipinski definition) is 2. The van der Waals surface area contributed by atoms with Crippen molar-refractivity contribution >= 4 is 32.4 Å². The van der Waals surface area contributed by atoms with Crippen LogP contribution >= 0.6 is 27.3 Å². The topological polar surface area (TPSA) is 45.1 Å². The molecule has 1 aromatic carbocycles. The van der Waals surface area contributed by atoms with Crippen molar-refractivity contribution in [3.05, 3.63) is 34.1 Å². The molecule has 2 rings (SSSR count). The minimum Gasteiger partial charge on any atom is -0.394 e. The van der Waals surface area contributed by atoms with E-state index in [1.807, 2.05) is 29.6 Å².